The van der Waals surface area contributed by atoms with Crippen LogP contribution in [0.4, 0.5) is 9.18 Å². The number of hydrogen-bond acceptors (Lipinski definition) is 4. The molecule has 6 heteroatoms. The van der Waals surface area contributed by atoms with Crippen molar-refractivity contribution in [3.05, 3.63) is 66.0 Å². The van der Waals surface area contributed by atoms with Gasteiger partial charge in [0.05, 0.1) is 0 Å². The van der Waals surface area contributed by atoms with Crippen molar-refractivity contribution in [3.8, 4) is 5.75 Å². The number of hydrogen-bond donors (Lipinski definition) is 0. The first-order valence-electron chi connectivity index (χ1n) is 8.78. The van der Waals surface area contributed by atoms with E-state index in [9.17, 15) is 9.18 Å². The van der Waals surface area contributed by atoms with Crippen molar-refractivity contribution in [2.75, 3.05) is 39.3 Å². The molecule has 138 valence electrons. The highest BCUT2D eigenvalue weighted by molar-refractivity contribution is 5.67. The van der Waals surface area contributed by atoms with Crippen molar-refractivity contribution in [3.63, 3.8) is 0 Å². The van der Waals surface area contributed by atoms with Crippen LogP contribution in [0.5, 0.6) is 5.75 Å². The fraction of sp³-hybridized carbons (Fsp3) is 0.350. The Kier molecular flexibility index (Phi) is 6.44. The molecular weight excluding hydrogens is 335 g/mol. The summed E-state index contributed by atoms with van der Waals surface area (Å²) >= 11 is 0. The summed E-state index contributed by atoms with van der Waals surface area (Å²) in [6.45, 7) is 4.14. The van der Waals surface area contributed by atoms with Gasteiger partial charge in [-0.3, -0.25) is 4.90 Å². The number of benzene rings is 2. The summed E-state index contributed by atoms with van der Waals surface area (Å²) in [6.07, 6.45) is -0.281. The van der Waals surface area contributed by atoms with Crippen molar-refractivity contribution in [2.24, 2.45) is 0 Å². The summed E-state index contributed by atoms with van der Waals surface area (Å²) in [5.41, 5.74) is 0.977. The number of rotatable bonds is 6. The third-order valence-corrected chi connectivity index (χ3v) is 4.34. The molecule has 0 atom stereocenters. The number of piperazine rings is 1. The first-order valence-corrected chi connectivity index (χ1v) is 8.78. The average molecular weight is 358 g/mol. The lowest BCUT2D eigenvalue weighted by Crippen LogP contribution is -2.49. The maximum Gasteiger partial charge on any atom is 0.410 e. The number of carbonyl (C=O) groups excluding carboxylic acids is 1. The van der Waals surface area contributed by atoms with Gasteiger partial charge in [-0.15, -0.1) is 0 Å². The maximum atomic E-state index is 13.5. The third-order valence-electron chi connectivity index (χ3n) is 4.34. The van der Waals surface area contributed by atoms with Gasteiger partial charge in [-0.1, -0.05) is 42.5 Å². The summed E-state index contributed by atoms with van der Waals surface area (Å²) in [6, 6.07) is 16.0. The Labute approximate surface area is 152 Å². The van der Waals surface area contributed by atoms with Crippen LogP contribution >= 0.6 is 0 Å². The lowest BCUT2D eigenvalue weighted by Gasteiger charge is -2.33. The smallest absolute Gasteiger partial charge is 0.410 e. The molecule has 0 unspecified atom stereocenters. The van der Waals surface area contributed by atoms with E-state index in [4.69, 9.17) is 9.47 Å². The number of ether oxygens (including phenoxy) is 2. The lowest BCUT2D eigenvalue weighted by atomic mass is 10.2. The monoisotopic (exact) mass is 358 g/mol. The van der Waals surface area contributed by atoms with E-state index < -0.39 is 0 Å². The molecular formula is C20H23FN2O3. The maximum absolute atomic E-state index is 13.5. The quantitative estimate of drug-likeness (QED) is 0.796. The molecule has 0 saturated carbocycles. The number of para-hydroxylation sites is 1. The molecule has 0 N–H and O–H groups in total. The number of amides is 1. The zero-order valence-electron chi connectivity index (χ0n) is 14.6. The van der Waals surface area contributed by atoms with Crippen LogP contribution in [0, 0.1) is 5.82 Å². The molecule has 1 heterocycles. The molecule has 3 rings (SSSR count). The zero-order valence-corrected chi connectivity index (χ0v) is 14.6. The number of nitrogens with zero attached hydrogens (tertiary/aromatic N) is 2. The number of halogens is 1. The van der Waals surface area contributed by atoms with Gasteiger partial charge in [0.25, 0.3) is 0 Å². The minimum Gasteiger partial charge on any atom is -0.489 e. The van der Waals surface area contributed by atoms with Gasteiger partial charge in [-0.2, -0.15) is 0 Å². The fourth-order valence-electron chi connectivity index (χ4n) is 2.81. The van der Waals surface area contributed by atoms with Crippen molar-refractivity contribution < 1.29 is 18.7 Å². The molecule has 5 nitrogen and oxygen atoms in total. The first-order chi connectivity index (χ1) is 12.7. The van der Waals surface area contributed by atoms with Crippen LogP contribution in [0.15, 0.2) is 54.6 Å². The summed E-state index contributed by atoms with van der Waals surface area (Å²) in [4.78, 5) is 16.0. The molecule has 1 saturated heterocycles. The van der Waals surface area contributed by atoms with Crippen LogP contribution in [-0.4, -0.2) is 55.2 Å². The Hall–Kier alpha value is -2.60. The minimum atomic E-state index is -0.349. The lowest BCUT2D eigenvalue weighted by molar-refractivity contribution is 0.0682. The third kappa shape index (κ3) is 5.20. The Morgan fingerprint density at radius 2 is 1.65 bits per heavy atom. The molecule has 2 aromatic carbocycles. The molecule has 1 amide bonds. The van der Waals surface area contributed by atoms with Gasteiger partial charge in [0, 0.05) is 32.7 Å². The first kappa shape index (κ1) is 18.2. The SMILES string of the molecule is O=C(OCc1ccccc1)N1CCN(CCOc2ccccc2F)CC1. The highest BCUT2D eigenvalue weighted by Crippen LogP contribution is 2.15. The molecule has 1 aliphatic rings. The van der Waals surface area contributed by atoms with Crippen molar-refractivity contribution >= 4 is 6.09 Å². The van der Waals surface area contributed by atoms with Gasteiger partial charge >= 0.3 is 6.09 Å². The van der Waals surface area contributed by atoms with E-state index in [1.807, 2.05) is 30.3 Å². The van der Waals surface area contributed by atoms with E-state index in [2.05, 4.69) is 4.90 Å². The highest BCUT2D eigenvalue weighted by Gasteiger charge is 2.22. The van der Waals surface area contributed by atoms with Crippen molar-refractivity contribution in [1.29, 1.82) is 0 Å². The predicted molar refractivity (Wildman–Crippen MR) is 96.5 cm³/mol. The summed E-state index contributed by atoms with van der Waals surface area (Å²) in [5, 5.41) is 0. The van der Waals surface area contributed by atoms with E-state index in [0.29, 0.717) is 26.2 Å². The van der Waals surface area contributed by atoms with Gasteiger partial charge in [0.2, 0.25) is 0 Å². The van der Waals surface area contributed by atoms with Gasteiger partial charge in [-0.25, -0.2) is 9.18 Å². The Balaban J connectivity index is 1.34. The van der Waals surface area contributed by atoms with Gasteiger partial charge in [0.15, 0.2) is 11.6 Å². The average Bonchev–Trinajstić information content (AvgIpc) is 2.69. The van der Waals surface area contributed by atoms with E-state index in [1.54, 1.807) is 23.1 Å². The van der Waals surface area contributed by atoms with Gasteiger partial charge < -0.3 is 14.4 Å². The van der Waals surface area contributed by atoms with E-state index in [0.717, 1.165) is 18.7 Å². The molecule has 26 heavy (non-hydrogen) atoms. The van der Waals surface area contributed by atoms with E-state index in [-0.39, 0.29) is 24.3 Å². The number of carbonyl (C=O) groups is 1. The van der Waals surface area contributed by atoms with Crippen molar-refractivity contribution in [2.45, 2.75) is 6.61 Å². The molecule has 0 spiro atoms. The Bertz CT molecular complexity index is 703. The van der Waals surface area contributed by atoms with Crippen LogP contribution in [0.3, 0.4) is 0 Å². The van der Waals surface area contributed by atoms with Crippen LogP contribution in [0.25, 0.3) is 0 Å². The van der Waals surface area contributed by atoms with Gasteiger partial charge in [0.1, 0.15) is 13.2 Å². The van der Waals surface area contributed by atoms with Crippen LogP contribution in [-0.2, 0) is 11.3 Å². The summed E-state index contributed by atoms with van der Waals surface area (Å²) in [7, 11) is 0. The van der Waals surface area contributed by atoms with E-state index >= 15 is 0 Å². The largest absolute Gasteiger partial charge is 0.489 e. The molecule has 0 radical (unpaired) electrons. The fourth-order valence-corrected chi connectivity index (χ4v) is 2.81. The zero-order chi connectivity index (χ0) is 18.2. The van der Waals surface area contributed by atoms with Crippen molar-refractivity contribution in [1.82, 2.24) is 9.80 Å². The minimum absolute atomic E-state index is 0.274. The molecule has 1 aliphatic heterocycles. The molecule has 1 fully saturated rings. The molecule has 0 aliphatic carbocycles. The topological polar surface area (TPSA) is 42.0 Å². The molecule has 0 bridgehead atoms. The predicted octanol–water partition coefficient (Wildman–Crippen LogP) is 3.16. The summed E-state index contributed by atoms with van der Waals surface area (Å²) in [5.74, 6) is -0.0749. The standard InChI is InChI=1S/C20H23FN2O3/c21-18-8-4-5-9-19(18)25-15-14-22-10-12-23(13-11-22)20(24)26-16-17-6-2-1-3-7-17/h1-9H,10-16H2. The van der Waals surface area contributed by atoms with Crippen LogP contribution in [0.1, 0.15) is 5.56 Å². The second-order valence-corrected chi connectivity index (χ2v) is 6.15. The molecule has 0 aromatic heterocycles. The van der Waals surface area contributed by atoms with Crippen LogP contribution < -0.4 is 4.74 Å². The Morgan fingerprint density at radius 3 is 2.38 bits per heavy atom. The second-order valence-electron chi connectivity index (χ2n) is 6.15. The summed E-state index contributed by atoms with van der Waals surface area (Å²) < 4.78 is 24.3. The van der Waals surface area contributed by atoms with Gasteiger partial charge in [-0.05, 0) is 17.7 Å². The second kappa shape index (κ2) is 9.20. The highest BCUT2D eigenvalue weighted by atomic mass is 19.1. The normalized spacial score (nSPS) is 14.9. The Morgan fingerprint density at radius 1 is 0.962 bits per heavy atom. The van der Waals surface area contributed by atoms with E-state index in [1.165, 1.54) is 6.07 Å². The molecule has 2 aromatic rings. The van der Waals surface area contributed by atoms with Crippen LogP contribution in [0.2, 0.25) is 0 Å².